The molecular formula is C12H21NO4. The van der Waals surface area contributed by atoms with Crippen molar-refractivity contribution in [1.29, 1.82) is 0 Å². The second-order valence-corrected chi connectivity index (χ2v) is 4.34. The lowest BCUT2D eigenvalue weighted by molar-refractivity contribution is -0.148. The average Bonchev–Trinajstić information content (AvgIpc) is 2.68. The summed E-state index contributed by atoms with van der Waals surface area (Å²) < 4.78 is 5.10. The molecule has 0 radical (unpaired) electrons. The number of unbranched alkanes of at least 4 members (excludes halogenated alkanes) is 1. The SMILES string of the molecule is CCCCOC(=O)C1CC(=O)N(CCCO)C1. The van der Waals surface area contributed by atoms with Gasteiger partial charge in [-0.1, -0.05) is 13.3 Å². The van der Waals surface area contributed by atoms with Crippen LogP contribution in [0.15, 0.2) is 0 Å². The van der Waals surface area contributed by atoms with Crippen molar-refractivity contribution in [3.8, 4) is 0 Å². The molecule has 0 bridgehead atoms. The van der Waals surface area contributed by atoms with Gasteiger partial charge in [0.25, 0.3) is 0 Å². The first kappa shape index (κ1) is 14.0. The Bertz CT molecular complexity index is 267. The van der Waals surface area contributed by atoms with Gasteiger partial charge < -0.3 is 14.7 Å². The fourth-order valence-electron chi connectivity index (χ4n) is 1.84. The van der Waals surface area contributed by atoms with Gasteiger partial charge in [-0.3, -0.25) is 9.59 Å². The number of rotatable bonds is 7. The molecule has 1 rings (SSSR count). The van der Waals surface area contributed by atoms with Gasteiger partial charge in [-0.25, -0.2) is 0 Å². The van der Waals surface area contributed by atoms with E-state index in [-0.39, 0.29) is 30.8 Å². The Balaban J connectivity index is 2.31. The number of hydrogen-bond acceptors (Lipinski definition) is 4. The Labute approximate surface area is 102 Å². The van der Waals surface area contributed by atoms with Crippen LogP contribution < -0.4 is 0 Å². The summed E-state index contributed by atoms with van der Waals surface area (Å²) in [5.41, 5.74) is 0. The maximum atomic E-state index is 11.6. The molecule has 1 amide bonds. The summed E-state index contributed by atoms with van der Waals surface area (Å²) in [5.74, 6) is -0.604. The molecule has 1 N–H and O–H groups in total. The zero-order valence-corrected chi connectivity index (χ0v) is 10.4. The third-order valence-corrected chi connectivity index (χ3v) is 2.88. The molecule has 1 unspecified atom stereocenters. The average molecular weight is 243 g/mol. The van der Waals surface area contributed by atoms with Gasteiger partial charge in [0.05, 0.1) is 12.5 Å². The van der Waals surface area contributed by atoms with Gasteiger partial charge >= 0.3 is 5.97 Å². The maximum Gasteiger partial charge on any atom is 0.311 e. The number of amides is 1. The van der Waals surface area contributed by atoms with E-state index in [1.165, 1.54) is 0 Å². The van der Waals surface area contributed by atoms with Crippen molar-refractivity contribution in [3.05, 3.63) is 0 Å². The number of nitrogens with zero attached hydrogens (tertiary/aromatic N) is 1. The van der Waals surface area contributed by atoms with E-state index in [1.807, 2.05) is 6.92 Å². The highest BCUT2D eigenvalue weighted by Gasteiger charge is 2.34. The van der Waals surface area contributed by atoms with E-state index >= 15 is 0 Å². The molecule has 1 fully saturated rings. The quantitative estimate of drug-likeness (QED) is 0.524. The van der Waals surface area contributed by atoms with Gasteiger partial charge in [0, 0.05) is 26.1 Å². The zero-order chi connectivity index (χ0) is 12.7. The van der Waals surface area contributed by atoms with Crippen molar-refractivity contribution >= 4 is 11.9 Å². The molecule has 98 valence electrons. The van der Waals surface area contributed by atoms with Crippen LogP contribution in [-0.4, -0.2) is 48.2 Å². The predicted molar refractivity (Wildman–Crippen MR) is 62.3 cm³/mol. The molecule has 5 heteroatoms. The van der Waals surface area contributed by atoms with Crippen molar-refractivity contribution in [2.45, 2.75) is 32.6 Å². The van der Waals surface area contributed by atoms with Crippen LogP contribution in [0.3, 0.4) is 0 Å². The standard InChI is InChI=1S/C12H21NO4/c1-2-3-7-17-12(16)10-8-11(15)13(9-10)5-4-6-14/h10,14H,2-9H2,1H3. The lowest BCUT2D eigenvalue weighted by Gasteiger charge is -2.15. The topological polar surface area (TPSA) is 66.8 Å². The minimum Gasteiger partial charge on any atom is -0.465 e. The summed E-state index contributed by atoms with van der Waals surface area (Å²) in [6.45, 7) is 3.49. The summed E-state index contributed by atoms with van der Waals surface area (Å²) in [6.07, 6.45) is 2.65. The largest absolute Gasteiger partial charge is 0.465 e. The highest BCUT2D eigenvalue weighted by Crippen LogP contribution is 2.19. The van der Waals surface area contributed by atoms with E-state index in [4.69, 9.17) is 9.84 Å². The van der Waals surface area contributed by atoms with E-state index in [1.54, 1.807) is 4.90 Å². The highest BCUT2D eigenvalue weighted by molar-refractivity contribution is 5.86. The Morgan fingerprint density at radius 3 is 2.94 bits per heavy atom. The van der Waals surface area contributed by atoms with Crippen molar-refractivity contribution in [1.82, 2.24) is 4.90 Å². The summed E-state index contributed by atoms with van der Waals surface area (Å²) in [4.78, 5) is 24.8. The summed E-state index contributed by atoms with van der Waals surface area (Å²) in [6, 6.07) is 0. The van der Waals surface area contributed by atoms with E-state index in [9.17, 15) is 9.59 Å². The number of hydrogen-bond donors (Lipinski definition) is 1. The third-order valence-electron chi connectivity index (χ3n) is 2.88. The number of ether oxygens (including phenoxy) is 1. The smallest absolute Gasteiger partial charge is 0.311 e. The number of likely N-dealkylation sites (tertiary alicyclic amines) is 1. The summed E-state index contributed by atoms with van der Waals surface area (Å²) in [5, 5.41) is 8.70. The minimum absolute atomic E-state index is 0.0177. The molecule has 5 nitrogen and oxygen atoms in total. The summed E-state index contributed by atoms with van der Waals surface area (Å²) in [7, 11) is 0. The van der Waals surface area contributed by atoms with Crippen LogP contribution in [0.2, 0.25) is 0 Å². The lowest BCUT2D eigenvalue weighted by atomic mass is 10.1. The molecule has 0 aromatic carbocycles. The Hall–Kier alpha value is -1.10. The second kappa shape index (κ2) is 7.27. The van der Waals surface area contributed by atoms with Crippen LogP contribution >= 0.6 is 0 Å². The molecule has 1 aliphatic rings. The van der Waals surface area contributed by atoms with Crippen molar-refractivity contribution < 1.29 is 19.4 Å². The monoisotopic (exact) mass is 243 g/mol. The fourth-order valence-corrected chi connectivity index (χ4v) is 1.84. The molecule has 0 aromatic heterocycles. The van der Waals surface area contributed by atoms with Gasteiger partial charge in [0.2, 0.25) is 5.91 Å². The Kier molecular flexibility index (Phi) is 5.97. The third kappa shape index (κ3) is 4.34. The van der Waals surface area contributed by atoms with Gasteiger partial charge in [0.1, 0.15) is 0 Å². The van der Waals surface area contributed by atoms with Crippen LogP contribution in [0.5, 0.6) is 0 Å². The number of carbonyl (C=O) groups is 2. The van der Waals surface area contributed by atoms with Gasteiger partial charge in [-0.15, -0.1) is 0 Å². The number of aliphatic hydroxyl groups is 1. The minimum atomic E-state index is -0.321. The zero-order valence-electron chi connectivity index (χ0n) is 10.4. The van der Waals surface area contributed by atoms with Gasteiger partial charge in [-0.2, -0.15) is 0 Å². The fraction of sp³-hybridized carbons (Fsp3) is 0.833. The van der Waals surface area contributed by atoms with E-state index in [2.05, 4.69) is 0 Å². The highest BCUT2D eigenvalue weighted by atomic mass is 16.5. The van der Waals surface area contributed by atoms with Crippen LogP contribution in [0.25, 0.3) is 0 Å². The Morgan fingerprint density at radius 2 is 2.29 bits per heavy atom. The molecule has 0 aromatic rings. The number of esters is 1. The number of carbonyl (C=O) groups excluding carboxylic acids is 2. The molecule has 1 aliphatic heterocycles. The molecule has 0 aliphatic carbocycles. The van der Waals surface area contributed by atoms with Crippen LogP contribution in [0.4, 0.5) is 0 Å². The van der Waals surface area contributed by atoms with E-state index in [0.717, 1.165) is 12.8 Å². The molecule has 1 saturated heterocycles. The first-order chi connectivity index (χ1) is 8.19. The van der Waals surface area contributed by atoms with Crippen LogP contribution in [0.1, 0.15) is 32.6 Å². The molecule has 1 heterocycles. The molecular weight excluding hydrogens is 222 g/mol. The van der Waals surface area contributed by atoms with Gasteiger partial charge in [-0.05, 0) is 12.8 Å². The first-order valence-corrected chi connectivity index (χ1v) is 6.24. The second-order valence-electron chi connectivity index (χ2n) is 4.34. The number of aliphatic hydroxyl groups excluding tert-OH is 1. The van der Waals surface area contributed by atoms with Crippen molar-refractivity contribution in [3.63, 3.8) is 0 Å². The normalized spacial score (nSPS) is 19.8. The molecule has 17 heavy (non-hydrogen) atoms. The van der Waals surface area contributed by atoms with Crippen LogP contribution in [-0.2, 0) is 14.3 Å². The summed E-state index contributed by atoms with van der Waals surface area (Å²) >= 11 is 0. The predicted octanol–water partition coefficient (Wildman–Crippen LogP) is 0.561. The molecule has 0 spiro atoms. The van der Waals surface area contributed by atoms with Crippen molar-refractivity contribution in [2.75, 3.05) is 26.3 Å². The van der Waals surface area contributed by atoms with Gasteiger partial charge in [0.15, 0.2) is 0 Å². The maximum absolute atomic E-state index is 11.6. The molecule has 1 atom stereocenters. The van der Waals surface area contributed by atoms with Crippen molar-refractivity contribution in [2.24, 2.45) is 5.92 Å². The van der Waals surface area contributed by atoms with E-state index < -0.39 is 0 Å². The lowest BCUT2D eigenvalue weighted by Crippen LogP contribution is -2.28. The Morgan fingerprint density at radius 1 is 1.53 bits per heavy atom. The molecule has 0 saturated carbocycles. The van der Waals surface area contributed by atoms with E-state index in [0.29, 0.717) is 26.1 Å². The first-order valence-electron chi connectivity index (χ1n) is 6.24. The van der Waals surface area contributed by atoms with Crippen LogP contribution in [0, 0.1) is 5.92 Å².